The monoisotopic (exact) mass is 553 g/mol. The van der Waals surface area contributed by atoms with Crippen LogP contribution in [0.25, 0.3) is 11.1 Å². The molecule has 2 aromatic heterocycles. The molecule has 2 aliphatic heterocycles. The van der Waals surface area contributed by atoms with Crippen LogP contribution in [0.4, 0.5) is 16.3 Å². The van der Waals surface area contributed by atoms with Crippen LogP contribution in [0.15, 0.2) is 54.9 Å². The summed E-state index contributed by atoms with van der Waals surface area (Å²) in [6, 6.07) is 14.8. The number of rotatable bonds is 5. The van der Waals surface area contributed by atoms with Gasteiger partial charge in [0.15, 0.2) is 0 Å². The van der Waals surface area contributed by atoms with Gasteiger partial charge in [0.1, 0.15) is 17.6 Å². The van der Waals surface area contributed by atoms with E-state index in [0.29, 0.717) is 49.4 Å². The average molecular weight is 554 g/mol. The number of fused-ring (bicyclic) bond motifs is 1. The molecule has 1 aromatic carbocycles. The number of benzene rings is 1. The Bertz CT molecular complexity index is 1490. The molecular weight excluding hydrogens is 522 g/mol. The molecule has 11 heteroatoms. The van der Waals surface area contributed by atoms with Crippen molar-refractivity contribution >= 4 is 29.4 Å². The molecule has 5 rings (SSSR count). The lowest BCUT2D eigenvalue weighted by molar-refractivity contribution is -0.117. The normalized spacial score (nSPS) is 18.7. The van der Waals surface area contributed by atoms with Crippen LogP contribution in [0.1, 0.15) is 60.8 Å². The van der Waals surface area contributed by atoms with Gasteiger partial charge in [-0.05, 0) is 67.6 Å². The number of aromatic nitrogens is 2. The topological polar surface area (TPSA) is 152 Å². The van der Waals surface area contributed by atoms with Gasteiger partial charge in [-0.3, -0.25) is 14.6 Å². The Balaban J connectivity index is 1.37. The zero-order valence-electron chi connectivity index (χ0n) is 22.9. The van der Waals surface area contributed by atoms with E-state index in [9.17, 15) is 14.4 Å². The van der Waals surface area contributed by atoms with Crippen LogP contribution in [0.2, 0.25) is 0 Å². The van der Waals surface area contributed by atoms with E-state index in [1.54, 1.807) is 41.1 Å². The molecule has 0 aliphatic carbocycles. The molecule has 0 radical (unpaired) electrons. The van der Waals surface area contributed by atoms with Crippen molar-refractivity contribution in [2.75, 3.05) is 23.3 Å². The highest BCUT2D eigenvalue weighted by molar-refractivity contribution is 5.95. The summed E-state index contributed by atoms with van der Waals surface area (Å²) in [5.41, 5.74) is 4.31. The number of carbonyl (C=O) groups is 3. The van der Waals surface area contributed by atoms with Gasteiger partial charge in [0.25, 0.3) is 5.91 Å². The smallest absolute Gasteiger partial charge is 0.404 e. The van der Waals surface area contributed by atoms with Gasteiger partial charge < -0.3 is 25.5 Å². The molecule has 11 nitrogen and oxygen atoms in total. The summed E-state index contributed by atoms with van der Waals surface area (Å²) in [6.45, 7) is 4.51. The van der Waals surface area contributed by atoms with Crippen LogP contribution in [0.5, 0.6) is 0 Å². The maximum Gasteiger partial charge on any atom is 0.404 e. The first kappa shape index (κ1) is 27.6. The second-order valence-electron chi connectivity index (χ2n) is 10.4. The van der Waals surface area contributed by atoms with Gasteiger partial charge in [-0.25, -0.2) is 9.78 Å². The van der Waals surface area contributed by atoms with Crippen LogP contribution in [-0.4, -0.2) is 63.1 Å². The van der Waals surface area contributed by atoms with Gasteiger partial charge in [-0.15, -0.1) is 0 Å². The Morgan fingerprint density at radius 3 is 2.39 bits per heavy atom. The molecule has 0 unspecified atom stereocenters. The molecule has 41 heavy (non-hydrogen) atoms. The van der Waals surface area contributed by atoms with E-state index in [4.69, 9.17) is 10.4 Å². The van der Waals surface area contributed by atoms with E-state index in [-0.39, 0.29) is 29.9 Å². The fraction of sp³-hybridized carbons (Fsp3) is 0.333. The summed E-state index contributed by atoms with van der Waals surface area (Å²) < 4.78 is 0. The molecule has 210 valence electrons. The van der Waals surface area contributed by atoms with Crippen molar-refractivity contribution in [3.63, 3.8) is 0 Å². The highest BCUT2D eigenvalue weighted by Crippen LogP contribution is 2.41. The van der Waals surface area contributed by atoms with Gasteiger partial charge in [-0.1, -0.05) is 12.1 Å². The molecule has 1 saturated heterocycles. The number of carboxylic acid groups (broad SMARTS) is 1. The van der Waals surface area contributed by atoms with Crippen molar-refractivity contribution in [2.45, 2.75) is 51.2 Å². The average Bonchev–Trinajstić information content (AvgIpc) is 2.97. The van der Waals surface area contributed by atoms with Crippen molar-refractivity contribution in [3.8, 4) is 17.2 Å². The molecular formula is C30H31N7O4. The third-order valence-electron chi connectivity index (χ3n) is 7.66. The minimum absolute atomic E-state index is 0.0290. The molecule has 1 fully saturated rings. The van der Waals surface area contributed by atoms with Crippen molar-refractivity contribution < 1.29 is 19.5 Å². The molecule has 0 bridgehead atoms. The molecule has 2 atom stereocenters. The number of hydrogen-bond donors (Lipinski definition) is 3. The van der Waals surface area contributed by atoms with Gasteiger partial charge >= 0.3 is 6.09 Å². The Kier molecular flexibility index (Phi) is 7.83. The Hall–Kier alpha value is -4.98. The van der Waals surface area contributed by atoms with E-state index in [0.717, 1.165) is 22.4 Å². The number of likely N-dealkylation sites (tertiary alicyclic amines) is 1. The van der Waals surface area contributed by atoms with Gasteiger partial charge in [0.05, 0.1) is 11.6 Å². The fourth-order valence-corrected chi connectivity index (χ4v) is 5.64. The number of pyridine rings is 2. The predicted molar refractivity (Wildman–Crippen MR) is 152 cm³/mol. The van der Waals surface area contributed by atoms with Crippen molar-refractivity contribution in [1.82, 2.24) is 20.2 Å². The zero-order chi connectivity index (χ0) is 29.1. The number of carbonyl (C=O) groups excluding carboxylic acids is 2. The molecule has 0 saturated carbocycles. The summed E-state index contributed by atoms with van der Waals surface area (Å²) in [5, 5.41) is 24.0. The summed E-state index contributed by atoms with van der Waals surface area (Å²) in [6.07, 6.45) is 3.94. The Morgan fingerprint density at radius 1 is 1.02 bits per heavy atom. The van der Waals surface area contributed by atoms with Gasteiger partial charge in [0.2, 0.25) is 5.91 Å². The van der Waals surface area contributed by atoms with Crippen LogP contribution in [-0.2, 0) is 4.79 Å². The van der Waals surface area contributed by atoms with E-state index < -0.39 is 6.09 Å². The maximum atomic E-state index is 13.0. The molecule has 3 aromatic rings. The highest BCUT2D eigenvalue weighted by Gasteiger charge is 2.33. The summed E-state index contributed by atoms with van der Waals surface area (Å²) >= 11 is 0. The SMILES string of the molecule is CC(=O)N1c2ccc(-c3ccc(C(=O)N4CCC(NC(=O)O)CC4)nc3)cc2[C@H](Nc2ccc(C#N)cn2)C[C@@H]1C. The lowest BCUT2D eigenvalue weighted by atomic mass is 9.89. The predicted octanol–water partition coefficient (Wildman–Crippen LogP) is 4.19. The second-order valence-corrected chi connectivity index (χ2v) is 10.4. The molecule has 3 amide bonds. The quantitative estimate of drug-likeness (QED) is 0.426. The number of nitrogens with one attached hydrogen (secondary N) is 2. The van der Waals surface area contributed by atoms with E-state index >= 15 is 0 Å². The third kappa shape index (κ3) is 5.96. The first-order valence-electron chi connectivity index (χ1n) is 13.5. The minimum atomic E-state index is -1.05. The third-order valence-corrected chi connectivity index (χ3v) is 7.66. The fourth-order valence-electron chi connectivity index (χ4n) is 5.64. The summed E-state index contributed by atoms with van der Waals surface area (Å²) in [7, 11) is 0. The zero-order valence-corrected chi connectivity index (χ0v) is 22.9. The standard InChI is InChI=1S/C30H31N7O4/c1-18-13-26(35-28-8-3-20(15-31)16-33-28)24-14-21(5-7-27(24)37(18)19(2)38)22-4-6-25(32-17-22)29(39)36-11-9-23(10-12-36)34-30(40)41/h3-8,14,16-18,23,26,34H,9-13H2,1-2H3,(H,33,35)(H,40,41)/t18-,26+/m0/s1. The molecule has 4 heterocycles. The highest BCUT2D eigenvalue weighted by atomic mass is 16.4. The van der Waals surface area contributed by atoms with Crippen LogP contribution in [0, 0.1) is 11.3 Å². The Labute approximate surface area is 237 Å². The van der Waals surface area contributed by atoms with Gasteiger partial charge in [-0.2, -0.15) is 5.26 Å². The van der Waals surface area contributed by atoms with Crippen LogP contribution >= 0.6 is 0 Å². The summed E-state index contributed by atoms with van der Waals surface area (Å²) in [4.78, 5) is 48.8. The number of anilines is 2. The number of nitrogens with zero attached hydrogens (tertiary/aromatic N) is 5. The first-order chi connectivity index (χ1) is 19.7. The van der Waals surface area contributed by atoms with Crippen LogP contribution < -0.4 is 15.5 Å². The van der Waals surface area contributed by atoms with E-state index in [1.165, 1.54) is 6.20 Å². The largest absolute Gasteiger partial charge is 0.465 e. The lowest BCUT2D eigenvalue weighted by Gasteiger charge is -2.39. The van der Waals surface area contributed by atoms with E-state index in [1.807, 2.05) is 31.2 Å². The van der Waals surface area contributed by atoms with Gasteiger partial charge in [0, 0.05) is 55.7 Å². The number of piperidine rings is 1. The van der Waals surface area contributed by atoms with Crippen molar-refractivity contribution in [1.29, 1.82) is 5.26 Å². The van der Waals surface area contributed by atoms with E-state index in [2.05, 4.69) is 26.7 Å². The molecule has 2 aliphatic rings. The number of hydrogen-bond acceptors (Lipinski definition) is 7. The first-order valence-corrected chi connectivity index (χ1v) is 13.5. The van der Waals surface area contributed by atoms with Crippen molar-refractivity contribution in [3.05, 3.63) is 71.7 Å². The lowest BCUT2D eigenvalue weighted by Crippen LogP contribution is -2.46. The minimum Gasteiger partial charge on any atom is -0.465 e. The number of nitriles is 1. The van der Waals surface area contributed by atoms with Crippen molar-refractivity contribution in [2.24, 2.45) is 0 Å². The second kappa shape index (κ2) is 11.6. The maximum absolute atomic E-state index is 13.0. The molecule has 0 spiro atoms. The molecule has 3 N–H and O–H groups in total. The number of amides is 3. The Morgan fingerprint density at radius 2 is 1.78 bits per heavy atom. The summed E-state index contributed by atoms with van der Waals surface area (Å²) in [5.74, 6) is 0.427. The van der Waals surface area contributed by atoms with Crippen LogP contribution in [0.3, 0.4) is 0 Å².